The first-order chi connectivity index (χ1) is 8.26. The van der Waals surface area contributed by atoms with E-state index in [1.165, 1.54) is 0 Å². The van der Waals surface area contributed by atoms with Crippen molar-refractivity contribution in [1.82, 2.24) is 14.7 Å². The highest BCUT2D eigenvalue weighted by Gasteiger charge is 2.31. The number of halogens is 1. The molecular formula is C12H18IN3O2. The number of rotatable bonds is 0. The van der Waals surface area contributed by atoms with Gasteiger partial charge in [-0.3, -0.25) is 9.58 Å². The Labute approximate surface area is 121 Å². The van der Waals surface area contributed by atoms with Gasteiger partial charge in [0.05, 0.1) is 24.8 Å². The van der Waals surface area contributed by atoms with E-state index in [0.717, 1.165) is 15.9 Å². The van der Waals surface area contributed by atoms with Crippen LogP contribution in [0.15, 0.2) is 6.07 Å². The highest BCUT2D eigenvalue weighted by molar-refractivity contribution is 14.1. The summed E-state index contributed by atoms with van der Waals surface area (Å²) in [6.45, 7) is 8.94. The molecule has 0 saturated heterocycles. The highest BCUT2D eigenvalue weighted by atomic mass is 127. The van der Waals surface area contributed by atoms with E-state index in [9.17, 15) is 4.79 Å². The van der Waals surface area contributed by atoms with E-state index in [2.05, 4.69) is 27.7 Å². The zero-order chi connectivity index (χ0) is 13.5. The van der Waals surface area contributed by atoms with Gasteiger partial charge in [-0.05, 0) is 56.4 Å². The molecule has 100 valence electrons. The summed E-state index contributed by atoms with van der Waals surface area (Å²) in [5, 5.41) is 4.39. The van der Waals surface area contributed by atoms with Gasteiger partial charge in [-0.25, -0.2) is 4.79 Å². The van der Waals surface area contributed by atoms with Crippen molar-refractivity contribution in [2.45, 2.75) is 52.4 Å². The van der Waals surface area contributed by atoms with Crippen molar-refractivity contribution in [3.63, 3.8) is 0 Å². The number of carbonyl (C=O) groups excluding carboxylic acids is 1. The van der Waals surface area contributed by atoms with Gasteiger partial charge in [0.25, 0.3) is 0 Å². The van der Waals surface area contributed by atoms with E-state index >= 15 is 0 Å². The summed E-state index contributed by atoms with van der Waals surface area (Å²) >= 11 is 2.19. The van der Waals surface area contributed by atoms with Crippen LogP contribution in [0.2, 0.25) is 0 Å². The zero-order valence-electron chi connectivity index (χ0n) is 11.1. The minimum Gasteiger partial charge on any atom is -0.444 e. The number of ether oxygens (including phenoxy) is 1. The second-order valence-electron chi connectivity index (χ2n) is 5.60. The van der Waals surface area contributed by atoms with Crippen LogP contribution in [0.25, 0.3) is 0 Å². The van der Waals surface area contributed by atoms with Crippen molar-refractivity contribution >= 4 is 28.7 Å². The molecule has 1 amide bonds. The summed E-state index contributed by atoms with van der Waals surface area (Å²) in [5.74, 6) is 0. The first-order valence-corrected chi connectivity index (χ1v) is 7.06. The third-order valence-electron chi connectivity index (χ3n) is 2.76. The molecule has 2 heterocycles. The summed E-state index contributed by atoms with van der Waals surface area (Å²) in [7, 11) is 0. The molecule has 0 spiro atoms. The number of nitrogens with zero attached hydrogens (tertiary/aromatic N) is 3. The first-order valence-electron chi connectivity index (χ1n) is 5.98. The molecule has 1 aromatic rings. The Balaban J connectivity index is 2.14. The Hall–Kier alpha value is -0.790. The van der Waals surface area contributed by atoms with Gasteiger partial charge in [-0.2, -0.15) is 5.10 Å². The predicted molar refractivity (Wildman–Crippen MR) is 76.2 cm³/mol. The van der Waals surface area contributed by atoms with Crippen LogP contribution in [-0.4, -0.2) is 32.4 Å². The van der Waals surface area contributed by atoms with Crippen LogP contribution in [0.1, 0.15) is 33.4 Å². The Morgan fingerprint density at radius 1 is 1.56 bits per heavy atom. The Bertz CT molecular complexity index is 464. The van der Waals surface area contributed by atoms with Gasteiger partial charge in [-0.15, -0.1) is 0 Å². The maximum absolute atomic E-state index is 12.1. The number of hydrogen-bond donors (Lipinski definition) is 0. The molecule has 1 aromatic heterocycles. The number of fused-ring (bicyclic) bond motifs is 1. The summed E-state index contributed by atoms with van der Waals surface area (Å²) in [6, 6.07) is 2.10. The van der Waals surface area contributed by atoms with Crippen molar-refractivity contribution in [1.29, 1.82) is 0 Å². The van der Waals surface area contributed by atoms with Crippen LogP contribution >= 0.6 is 22.6 Å². The molecule has 5 nitrogen and oxygen atoms in total. The molecule has 1 aliphatic rings. The lowest BCUT2D eigenvalue weighted by Crippen LogP contribution is -2.46. The van der Waals surface area contributed by atoms with Crippen LogP contribution in [-0.2, 0) is 17.8 Å². The van der Waals surface area contributed by atoms with E-state index in [4.69, 9.17) is 4.74 Å². The molecule has 0 aliphatic carbocycles. The molecule has 0 radical (unpaired) electrons. The minimum absolute atomic E-state index is 0.100. The summed E-state index contributed by atoms with van der Waals surface area (Å²) in [5.41, 5.74) is 0.603. The maximum atomic E-state index is 12.1. The van der Waals surface area contributed by atoms with E-state index in [-0.39, 0.29) is 12.1 Å². The van der Waals surface area contributed by atoms with Crippen molar-refractivity contribution in [2.24, 2.45) is 0 Å². The van der Waals surface area contributed by atoms with E-state index in [1.54, 1.807) is 4.90 Å². The van der Waals surface area contributed by atoms with E-state index in [0.29, 0.717) is 6.54 Å². The molecule has 18 heavy (non-hydrogen) atoms. The minimum atomic E-state index is -0.455. The van der Waals surface area contributed by atoms with Crippen LogP contribution in [0.4, 0.5) is 4.79 Å². The summed E-state index contributed by atoms with van der Waals surface area (Å²) < 4.78 is 8.35. The molecule has 1 aliphatic heterocycles. The fourth-order valence-corrected chi connectivity index (χ4v) is 2.57. The van der Waals surface area contributed by atoms with Gasteiger partial charge in [0.1, 0.15) is 9.30 Å². The number of carbonyl (C=O) groups is 1. The average molecular weight is 363 g/mol. The zero-order valence-corrected chi connectivity index (χ0v) is 13.3. The van der Waals surface area contributed by atoms with Crippen LogP contribution in [0.3, 0.4) is 0 Å². The molecule has 0 fully saturated rings. The molecule has 1 unspecified atom stereocenters. The molecule has 2 rings (SSSR count). The topological polar surface area (TPSA) is 47.4 Å². The Morgan fingerprint density at radius 3 is 2.83 bits per heavy atom. The highest BCUT2D eigenvalue weighted by Crippen LogP contribution is 2.21. The quantitative estimate of drug-likeness (QED) is 0.666. The fraction of sp³-hybridized carbons (Fsp3) is 0.667. The second-order valence-corrected chi connectivity index (χ2v) is 6.70. The maximum Gasteiger partial charge on any atom is 0.410 e. The molecule has 0 N–H and O–H groups in total. The molecule has 6 heteroatoms. The summed E-state index contributed by atoms with van der Waals surface area (Å²) in [4.78, 5) is 13.9. The van der Waals surface area contributed by atoms with Crippen molar-refractivity contribution < 1.29 is 9.53 Å². The molecular weight excluding hydrogens is 345 g/mol. The summed E-state index contributed by atoms with van der Waals surface area (Å²) in [6.07, 6.45) is -0.252. The molecule has 0 aromatic carbocycles. The second kappa shape index (κ2) is 4.71. The SMILES string of the molecule is CC1Cn2nc(I)cc2CN1C(=O)OC(C)(C)C. The monoisotopic (exact) mass is 363 g/mol. The van der Waals surface area contributed by atoms with Gasteiger partial charge in [0.15, 0.2) is 0 Å². The molecule has 1 atom stereocenters. The lowest BCUT2D eigenvalue weighted by Gasteiger charge is -2.35. The van der Waals surface area contributed by atoms with Gasteiger partial charge in [0.2, 0.25) is 0 Å². The predicted octanol–water partition coefficient (Wildman–Crippen LogP) is 2.63. The number of aromatic nitrogens is 2. The fourth-order valence-electron chi connectivity index (χ4n) is 1.95. The lowest BCUT2D eigenvalue weighted by molar-refractivity contribution is 0.00906. The first kappa shape index (κ1) is 13.6. The average Bonchev–Trinajstić information content (AvgIpc) is 2.53. The largest absolute Gasteiger partial charge is 0.444 e. The van der Waals surface area contributed by atoms with Crippen molar-refractivity contribution in [2.75, 3.05) is 0 Å². The van der Waals surface area contributed by atoms with Gasteiger partial charge in [0, 0.05) is 0 Å². The smallest absolute Gasteiger partial charge is 0.410 e. The van der Waals surface area contributed by atoms with Crippen molar-refractivity contribution in [3.8, 4) is 0 Å². The van der Waals surface area contributed by atoms with Gasteiger partial charge in [-0.1, -0.05) is 0 Å². The Morgan fingerprint density at radius 2 is 2.22 bits per heavy atom. The van der Waals surface area contributed by atoms with Gasteiger partial charge >= 0.3 is 6.09 Å². The third-order valence-corrected chi connectivity index (χ3v) is 3.29. The molecule has 0 bridgehead atoms. The lowest BCUT2D eigenvalue weighted by atomic mass is 10.2. The van der Waals surface area contributed by atoms with Gasteiger partial charge < -0.3 is 4.74 Å². The van der Waals surface area contributed by atoms with Crippen molar-refractivity contribution in [3.05, 3.63) is 15.5 Å². The van der Waals surface area contributed by atoms with Crippen LogP contribution in [0, 0.1) is 3.70 Å². The number of hydrogen-bond acceptors (Lipinski definition) is 3. The van der Waals surface area contributed by atoms with Crippen LogP contribution in [0.5, 0.6) is 0 Å². The van der Waals surface area contributed by atoms with Crippen LogP contribution < -0.4 is 0 Å². The van der Waals surface area contributed by atoms with E-state index < -0.39 is 5.60 Å². The third kappa shape index (κ3) is 2.96. The Kier molecular flexibility index (Phi) is 3.57. The standard InChI is InChI=1S/C12H18IN3O2/c1-8-6-16-9(5-10(13)14-16)7-15(8)11(17)18-12(2,3)4/h5,8H,6-7H2,1-4H3. The normalized spacial score (nSPS) is 19.6. The molecule has 0 saturated carbocycles. The number of amides is 1. The van der Waals surface area contributed by atoms with E-state index in [1.807, 2.05) is 38.4 Å².